The van der Waals surface area contributed by atoms with Gasteiger partial charge in [-0.25, -0.2) is 0 Å². The lowest BCUT2D eigenvalue weighted by molar-refractivity contribution is -0.141. The number of ether oxygens (including phenoxy) is 2. The fourth-order valence-electron chi connectivity index (χ4n) is 2.66. The van der Waals surface area contributed by atoms with Gasteiger partial charge in [-0.1, -0.05) is 0 Å². The van der Waals surface area contributed by atoms with E-state index in [0.717, 1.165) is 39.0 Å². The summed E-state index contributed by atoms with van der Waals surface area (Å²) in [5.74, 6) is 0.349. The van der Waals surface area contributed by atoms with Crippen LogP contribution in [-0.2, 0) is 14.3 Å². The van der Waals surface area contributed by atoms with Gasteiger partial charge in [-0.2, -0.15) is 0 Å². The van der Waals surface area contributed by atoms with Crippen LogP contribution in [0.4, 0.5) is 0 Å². The topological polar surface area (TPSA) is 47.6 Å². The van der Waals surface area contributed by atoms with Crippen LogP contribution in [0.5, 0.6) is 0 Å². The zero-order valence-electron chi connectivity index (χ0n) is 9.66. The second-order valence-electron chi connectivity index (χ2n) is 4.62. The first kappa shape index (κ1) is 13.7. The van der Waals surface area contributed by atoms with E-state index in [1.807, 2.05) is 0 Å². The Morgan fingerprint density at radius 2 is 2.19 bits per heavy atom. The van der Waals surface area contributed by atoms with E-state index >= 15 is 0 Å². The SMILES string of the molecule is COC(=O)CC1CNC2(CCOCC2)C1.Cl. The molecule has 2 saturated heterocycles. The van der Waals surface area contributed by atoms with E-state index in [9.17, 15) is 4.79 Å². The molecule has 4 nitrogen and oxygen atoms in total. The maximum Gasteiger partial charge on any atom is 0.305 e. The molecule has 94 valence electrons. The number of methoxy groups -OCH3 is 1. The summed E-state index contributed by atoms with van der Waals surface area (Å²) in [6.45, 7) is 2.63. The summed E-state index contributed by atoms with van der Waals surface area (Å²) in [5, 5.41) is 3.56. The van der Waals surface area contributed by atoms with Crippen molar-refractivity contribution in [2.45, 2.75) is 31.2 Å². The second-order valence-corrected chi connectivity index (χ2v) is 4.62. The zero-order chi connectivity index (χ0) is 10.7. The molecule has 1 atom stereocenters. The Morgan fingerprint density at radius 1 is 1.50 bits per heavy atom. The molecular weight excluding hydrogens is 230 g/mol. The van der Waals surface area contributed by atoms with Gasteiger partial charge in [-0.05, 0) is 31.7 Å². The third-order valence-corrected chi connectivity index (χ3v) is 3.58. The molecule has 0 amide bonds. The Labute approximate surface area is 102 Å². The number of hydrogen-bond donors (Lipinski definition) is 1. The molecule has 2 rings (SSSR count). The van der Waals surface area contributed by atoms with Crippen molar-refractivity contribution in [1.82, 2.24) is 5.32 Å². The minimum absolute atomic E-state index is 0. The standard InChI is InChI=1S/C11H19NO3.ClH/c1-14-10(13)6-9-7-11(12-8-9)2-4-15-5-3-11;/h9,12H,2-8H2,1H3;1H. The number of hydrogen-bond acceptors (Lipinski definition) is 4. The van der Waals surface area contributed by atoms with Crippen LogP contribution in [0.25, 0.3) is 0 Å². The van der Waals surface area contributed by atoms with E-state index in [-0.39, 0.29) is 23.9 Å². The first-order valence-electron chi connectivity index (χ1n) is 5.64. The molecule has 0 aliphatic carbocycles. The summed E-state index contributed by atoms with van der Waals surface area (Å²) in [7, 11) is 1.45. The van der Waals surface area contributed by atoms with Gasteiger partial charge >= 0.3 is 5.97 Å². The third-order valence-electron chi connectivity index (χ3n) is 3.58. The molecule has 2 heterocycles. The Hall–Kier alpha value is -0.320. The minimum Gasteiger partial charge on any atom is -0.469 e. The molecule has 2 fully saturated rings. The van der Waals surface area contributed by atoms with Gasteiger partial charge in [0.2, 0.25) is 0 Å². The first-order chi connectivity index (χ1) is 7.24. The molecule has 0 radical (unpaired) electrons. The summed E-state index contributed by atoms with van der Waals surface area (Å²) in [5.41, 5.74) is 0.247. The first-order valence-corrected chi connectivity index (χ1v) is 5.64. The normalized spacial score (nSPS) is 27.4. The minimum atomic E-state index is -0.0918. The number of carbonyl (C=O) groups excluding carboxylic acids is 1. The summed E-state index contributed by atoms with van der Waals surface area (Å²) in [6, 6.07) is 0. The highest BCUT2D eigenvalue weighted by Gasteiger charge is 2.40. The van der Waals surface area contributed by atoms with Gasteiger partial charge in [0.05, 0.1) is 7.11 Å². The summed E-state index contributed by atoms with van der Waals surface area (Å²) < 4.78 is 10.1. The zero-order valence-corrected chi connectivity index (χ0v) is 10.5. The number of esters is 1. The molecule has 1 unspecified atom stereocenters. The van der Waals surface area contributed by atoms with Crippen molar-refractivity contribution in [2.24, 2.45) is 5.92 Å². The molecule has 2 aliphatic heterocycles. The van der Waals surface area contributed by atoms with Crippen molar-refractivity contribution in [3.63, 3.8) is 0 Å². The van der Waals surface area contributed by atoms with Crippen molar-refractivity contribution in [3.05, 3.63) is 0 Å². The lowest BCUT2D eigenvalue weighted by Gasteiger charge is -2.33. The fraction of sp³-hybridized carbons (Fsp3) is 0.909. The molecule has 5 heteroatoms. The molecule has 0 aromatic heterocycles. The molecule has 1 spiro atoms. The van der Waals surface area contributed by atoms with Gasteiger partial charge in [-0.3, -0.25) is 4.79 Å². The third kappa shape index (κ3) is 3.09. The average molecular weight is 250 g/mol. The molecule has 16 heavy (non-hydrogen) atoms. The molecule has 0 saturated carbocycles. The lowest BCUT2D eigenvalue weighted by atomic mass is 9.85. The van der Waals surface area contributed by atoms with Crippen LogP contribution in [0.1, 0.15) is 25.7 Å². The Morgan fingerprint density at radius 3 is 2.81 bits per heavy atom. The van der Waals surface area contributed by atoms with E-state index in [1.165, 1.54) is 7.11 Å². The van der Waals surface area contributed by atoms with Crippen molar-refractivity contribution >= 4 is 18.4 Å². The number of rotatable bonds is 2. The van der Waals surface area contributed by atoms with Crippen LogP contribution in [-0.4, -0.2) is 38.4 Å². The van der Waals surface area contributed by atoms with Crippen LogP contribution < -0.4 is 5.32 Å². The Balaban J connectivity index is 0.00000128. The van der Waals surface area contributed by atoms with E-state index < -0.39 is 0 Å². The van der Waals surface area contributed by atoms with Crippen molar-refractivity contribution in [1.29, 1.82) is 0 Å². The monoisotopic (exact) mass is 249 g/mol. The van der Waals surface area contributed by atoms with Crippen LogP contribution in [0.15, 0.2) is 0 Å². The number of carbonyl (C=O) groups is 1. The predicted octanol–water partition coefficient (Wildman–Crippen LogP) is 1.13. The smallest absolute Gasteiger partial charge is 0.305 e. The van der Waals surface area contributed by atoms with Crippen LogP contribution in [0, 0.1) is 5.92 Å². The maximum absolute atomic E-state index is 11.2. The van der Waals surface area contributed by atoms with Gasteiger partial charge in [-0.15, -0.1) is 12.4 Å². The largest absolute Gasteiger partial charge is 0.469 e. The van der Waals surface area contributed by atoms with Gasteiger partial charge in [0.25, 0.3) is 0 Å². The highest BCUT2D eigenvalue weighted by atomic mass is 35.5. The summed E-state index contributed by atoms with van der Waals surface area (Å²) in [6.07, 6.45) is 3.78. The summed E-state index contributed by atoms with van der Waals surface area (Å²) in [4.78, 5) is 11.2. The van der Waals surface area contributed by atoms with Gasteiger partial charge in [0, 0.05) is 25.2 Å². The van der Waals surface area contributed by atoms with Gasteiger partial charge in [0.15, 0.2) is 0 Å². The van der Waals surface area contributed by atoms with E-state index in [4.69, 9.17) is 9.47 Å². The molecule has 0 aromatic rings. The van der Waals surface area contributed by atoms with E-state index in [0.29, 0.717) is 12.3 Å². The molecule has 0 aromatic carbocycles. The molecule has 0 bridgehead atoms. The van der Waals surface area contributed by atoms with Crippen molar-refractivity contribution in [3.8, 4) is 0 Å². The van der Waals surface area contributed by atoms with Gasteiger partial charge < -0.3 is 14.8 Å². The molecule has 1 N–H and O–H groups in total. The van der Waals surface area contributed by atoms with Crippen LogP contribution >= 0.6 is 12.4 Å². The lowest BCUT2D eigenvalue weighted by Crippen LogP contribution is -2.44. The number of halogens is 1. The van der Waals surface area contributed by atoms with Crippen LogP contribution in [0.2, 0.25) is 0 Å². The van der Waals surface area contributed by atoms with E-state index in [2.05, 4.69) is 5.32 Å². The predicted molar refractivity (Wildman–Crippen MR) is 62.8 cm³/mol. The highest BCUT2D eigenvalue weighted by Crippen LogP contribution is 2.34. The second kappa shape index (κ2) is 5.84. The van der Waals surface area contributed by atoms with E-state index in [1.54, 1.807) is 0 Å². The molecule has 2 aliphatic rings. The molecular formula is C11H20ClNO3. The quantitative estimate of drug-likeness (QED) is 0.746. The number of nitrogens with one attached hydrogen (secondary N) is 1. The fourth-order valence-corrected chi connectivity index (χ4v) is 2.66. The van der Waals surface area contributed by atoms with Crippen LogP contribution in [0.3, 0.4) is 0 Å². The maximum atomic E-state index is 11.2. The Bertz CT molecular complexity index is 241. The summed E-state index contributed by atoms with van der Waals surface area (Å²) >= 11 is 0. The van der Waals surface area contributed by atoms with Crippen molar-refractivity contribution in [2.75, 3.05) is 26.9 Å². The average Bonchev–Trinajstić information content (AvgIpc) is 2.62. The van der Waals surface area contributed by atoms with Gasteiger partial charge in [0.1, 0.15) is 0 Å². The van der Waals surface area contributed by atoms with Crippen molar-refractivity contribution < 1.29 is 14.3 Å². The highest BCUT2D eigenvalue weighted by molar-refractivity contribution is 5.85. The Kier molecular flexibility index (Phi) is 5.02.